The number of benzene rings is 2. The van der Waals surface area contributed by atoms with Gasteiger partial charge in [0.25, 0.3) is 0 Å². The van der Waals surface area contributed by atoms with Crippen LogP contribution in [0.15, 0.2) is 53.9 Å². The summed E-state index contributed by atoms with van der Waals surface area (Å²) in [6.45, 7) is 2.33. The molecule has 2 aromatic carbocycles. The summed E-state index contributed by atoms with van der Waals surface area (Å²) in [5.74, 6) is -0.166. The van der Waals surface area contributed by atoms with E-state index in [0.29, 0.717) is 28.1 Å². The molecule has 1 heterocycles. The van der Waals surface area contributed by atoms with Crippen LogP contribution in [0.2, 0.25) is 5.02 Å². The van der Waals surface area contributed by atoms with Crippen molar-refractivity contribution in [3.63, 3.8) is 0 Å². The van der Waals surface area contributed by atoms with E-state index in [2.05, 4.69) is 20.9 Å². The number of rotatable bonds is 6. The van der Waals surface area contributed by atoms with E-state index in [1.807, 2.05) is 49.4 Å². The molecule has 0 aliphatic carbocycles. The van der Waals surface area contributed by atoms with Crippen molar-refractivity contribution >= 4 is 45.7 Å². The average Bonchev–Trinajstić information content (AvgIpc) is 3.09. The number of hydrogen-bond donors (Lipinski definition) is 3. The van der Waals surface area contributed by atoms with Crippen molar-refractivity contribution in [2.75, 3.05) is 10.6 Å². The molecule has 0 atom stereocenters. The van der Waals surface area contributed by atoms with Crippen molar-refractivity contribution in [3.8, 4) is 0 Å². The Kier molecular flexibility index (Phi) is 6.62. The van der Waals surface area contributed by atoms with Gasteiger partial charge in [0.15, 0.2) is 5.13 Å². The Labute approximate surface area is 172 Å². The second-order valence-corrected chi connectivity index (χ2v) is 7.40. The van der Waals surface area contributed by atoms with Gasteiger partial charge in [-0.1, -0.05) is 47.5 Å². The van der Waals surface area contributed by atoms with Gasteiger partial charge in [-0.15, -0.1) is 11.3 Å². The highest BCUT2D eigenvalue weighted by Gasteiger charge is 2.10. The first-order valence-electron chi connectivity index (χ1n) is 8.59. The number of urea groups is 1. The molecule has 1 aromatic heterocycles. The summed E-state index contributed by atoms with van der Waals surface area (Å²) < 4.78 is 0. The zero-order valence-corrected chi connectivity index (χ0v) is 16.7. The van der Waals surface area contributed by atoms with Gasteiger partial charge >= 0.3 is 6.03 Å². The third-order valence-electron chi connectivity index (χ3n) is 3.86. The van der Waals surface area contributed by atoms with Gasteiger partial charge in [-0.25, -0.2) is 9.78 Å². The lowest BCUT2D eigenvalue weighted by Crippen LogP contribution is -2.25. The lowest BCUT2D eigenvalue weighted by Gasteiger charge is -2.06. The quantitative estimate of drug-likeness (QED) is 0.550. The second kappa shape index (κ2) is 9.34. The molecule has 3 rings (SSSR count). The lowest BCUT2D eigenvalue weighted by atomic mass is 10.2. The Bertz CT molecular complexity index is 972. The van der Waals surface area contributed by atoms with Crippen LogP contribution in [-0.2, 0) is 17.8 Å². The first-order chi connectivity index (χ1) is 13.5. The molecule has 0 saturated heterocycles. The van der Waals surface area contributed by atoms with E-state index in [9.17, 15) is 9.59 Å². The zero-order valence-electron chi connectivity index (χ0n) is 15.2. The number of amides is 3. The number of aryl methyl sites for hydroxylation is 1. The van der Waals surface area contributed by atoms with Crippen LogP contribution in [0.25, 0.3) is 0 Å². The van der Waals surface area contributed by atoms with Crippen LogP contribution in [-0.4, -0.2) is 16.9 Å². The predicted octanol–water partition coefficient (Wildman–Crippen LogP) is 4.61. The molecular weight excluding hydrogens is 396 g/mol. The highest BCUT2D eigenvalue weighted by atomic mass is 35.5. The van der Waals surface area contributed by atoms with Crippen molar-refractivity contribution in [1.29, 1.82) is 0 Å². The second-order valence-electron chi connectivity index (χ2n) is 6.13. The summed E-state index contributed by atoms with van der Waals surface area (Å²) in [5, 5.41) is 11.0. The number of carbonyl (C=O) groups is 2. The molecule has 0 bridgehead atoms. The number of halogens is 1. The summed E-state index contributed by atoms with van der Waals surface area (Å²) in [5.41, 5.74) is 3.25. The van der Waals surface area contributed by atoms with Gasteiger partial charge in [0.05, 0.1) is 12.1 Å². The Balaban J connectivity index is 1.48. The molecule has 3 amide bonds. The number of carbonyl (C=O) groups excluding carboxylic acids is 2. The van der Waals surface area contributed by atoms with E-state index >= 15 is 0 Å². The number of nitrogens with one attached hydrogen (secondary N) is 3. The monoisotopic (exact) mass is 414 g/mol. The SMILES string of the molecule is Cc1ccc(NC(=O)Nc2nc(CC(=O)NCc3ccccc3Cl)cs2)cc1. The number of thiazole rings is 1. The topological polar surface area (TPSA) is 83.1 Å². The van der Waals surface area contributed by atoms with Crippen LogP contribution >= 0.6 is 22.9 Å². The normalized spacial score (nSPS) is 10.4. The number of aromatic nitrogens is 1. The number of hydrogen-bond acceptors (Lipinski definition) is 4. The van der Waals surface area contributed by atoms with Crippen LogP contribution < -0.4 is 16.0 Å². The van der Waals surface area contributed by atoms with Gasteiger partial charge in [0.2, 0.25) is 5.91 Å². The third-order valence-corrected chi connectivity index (χ3v) is 5.03. The molecular formula is C20H19ClN4O2S. The minimum Gasteiger partial charge on any atom is -0.352 e. The minimum absolute atomic E-state index is 0.127. The molecule has 3 N–H and O–H groups in total. The first-order valence-corrected chi connectivity index (χ1v) is 9.84. The van der Waals surface area contributed by atoms with Gasteiger partial charge in [-0.3, -0.25) is 10.1 Å². The Hall–Kier alpha value is -2.90. The van der Waals surface area contributed by atoms with E-state index in [1.165, 1.54) is 11.3 Å². The van der Waals surface area contributed by atoms with Crippen LogP contribution in [0.5, 0.6) is 0 Å². The van der Waals surface area contributed by atoms with Crippen LogP contribution in [0.1, 0.15) is 16.8 Å². The molecule has 0 aliphatic rings. The van der Waals surface area contributed by atoms with E-state index in [0.717, 1.165) is 11.1 Å². The van der Waals surface area contributed by atoms with Crippen molar-refractivity contribution in [2.45, 2.75) is 19.9 Å². The van der Waals surface area contributed by atoms with Crippen LogP contribution in [0, 0.1) is 6.92 Å². The van der Waals surface area contributed by atoms with Gasteiger partial charge < -0.3 is 10.6 Å². The third kappa shape index (κ3) is 5.80. The molecule has 0 radical (unpaired) electrons. The molecule has 0 unspecified atom stereocenters. The fraction of sp³-hybridized carbons (Fsp3) is 0.150. The summed E-state index contributed by atoms with van der Waals surface area (Å²) in [4.78, 5) is 28.4. The molecule has 3 aromatic rings. The maximum absolute atomic E-state index is 12.1. The largest absolute Gasteiger partial charge is 0.352 e. The molecule has 28 heavy (non-hydrogen) atoms. The van der Waals surface area contributed by atoms with E-state index in [-0.39, 0.29) is 18.4 Å². The average molecular weight is 415 g/mol. The molecule has 0 fully saturated rings. The Morgan fingerprint density at radius 1 is 1.07 bits per heavy atom. The summed E-state index contributed by atoms with van der Waals surface area (Å²) in [6, 6.07) is 14.4. The summed E-state index contributed by atoms with van der Waals surface area (Å²) in [6.07, 6.45) is 0.127. The smallest absolute Gasteiger partial charge is 0.325 e. The maximum atomic E-state index is 12.1. The van der Waals surface area contributed by atoms with E-state index in [1.54, 1.807) is 11.4 Å². The van der Waals surface area contributed by atoms with E-state index < -0.39 is 0 Å². The van der Waals surface area contributed by atoms with Crippen molar-refractivity contribution in [2.24, 2.45) is 0 Å². The molecule has 6 nitrogen and oxygen atoms in total. The minimum atomic E-state index is -0.382. The van der Waals surface area contributed by atoms with Gasteiger partial charge in [-0.2, -0.15) is 0 Å². The van der Waals surface area contributed by atoms with Gasteiger partial charge in [0, 0.05) is 22.6 Å². The molecule has 144 valence electrons. The fourth-order valence-electron chi connectivity index (χ4n) is 2.40. The standard InChI is InChI=1S/C20H19ClN4O2S/c1-13-6-8-15(9-7-13)23-19(27)25-20-24-16(12-28-20)10-18(26)22-11-14-4-2-3-5-17(14)21/h2-9,12H,10-11H2,1H3,(H,22,26)(H2,23,24,25,27). The number of nitrogens with zero attached hydrogens (tertiary/aromatic N) is 1. The number of anilines is 2. The molecule has 0 spiro atoms. The van der Waals surface area contributed by atoms with Crippen LogP contribution in [0.4, 0.5) is 15.6 Å². The highest BCUT2D eigenvalue weighted by molar-refractivity contribution is 7.14. The van der Waals surface area contributed by atoms with Crippen molar-refractivity contribution in [3.05, 3.63) is 75.8 Å². The van der Waals surface area contributed by atoms with Crippen LogP contribution in [0.3, 0.4) is 0 Å². The van der Waals surface area contributed by atoms with Gasteiger partial charge in [0.1, 0.15) is 0 Å². The summed E-state index contributed by atoms with van der Waals surface area (Å²) in [7, 11) is 0. The first kappa shape index (κ1) is 19.9. The molecule has 0 saturated carbocycles. The Morgan fingerprint density at radius 2 is 1.82 bits per heavy atom. The Morgan fingerprint density at radius 3 is 2.57 bits per heavy atom. The van der Waals surface area contributed by atoms with Crippen molar-refractivity contribution < 1.29 is 9.59 Å². The molecule has 8 heteroatoms. The molecule has 0 aliphatic heterocycles. The predicted molar refractivity (Wildman–Crippen MR) is 113 cm³/mol. The highest BCUT2D eigenvalue weighted by Crippen LogP contribution is 2.17. The fourth-order valence-corrected chi connectivity index (χ4v) is 3.31. The van der Waals surface area contributed by atoms with E-state index in [4.69, 9.17) is 11.6 Å². The van der Waals surface area contributed by atoms with Crippen molar-refractivity contribution in [1.82, 2.24) is 10.3 Å². The van der Waals surface area contributed by atoms with Gasteiger partial charge in [-0.05, 0) is 30.7 Å². The lowest BCUT2D eigenvalue weighted by molar-refractivity contribution is -0.120. The maximum Gasteiger partial charge on any atom is 0.325 e. The summed E-state index contributed by atoms with van der Waals surface area (Å²) >= 11 is 7.34. The zero-order chi connectivity index (χ0) is 19.9.